The fourth-order valence-electron chi connectivity index (χ4n) is 4.13. The van der Waals surface area contributed by atoms with Gasteiger partial charge in [-0.3, -0.25) is 4.79 Å². The Bertz CT molecular complexity index is 1000. The number of nitrogens with zero attached hydrogens (tertiary/aromatic N) is 1. The van der Waals surface area contributed by atoms with Gasteiger partial charge in [0.25, 0.3) is 0 Å². The number of fused-ring (bicyclic) bond motifs is 1. The third kappa shape index (κ3) is 5.70. The maximum absolute atomic E-state index is 12.8. The van der Waals surface area contributed by atoms with Crippen LogP contribution < -0.4 is 10.2 Å². The summed E-state index contributed by atoms with van der Waals surface area (Å²) in [6, 6.07) is 16.8. The summed E-state index contributed by atoms with van der Waals surface area (Å²) in [6.45, 7) is 15.3. The highest BCUT2D eigenvalue weighted by Gasteiger charge is 2.44. The minimum atomic E-state index is -2.03. The van der Waals surface area contributed by atoms with Crippen LogP contribution in [0.5, 0.6) is 0 Å². The fraction of sp³-hybridized carbons (Fsp3) is 0.481. The van der Waals surface area contributed by atoms with Gasteiger partial charge in [0.2, 0.25) is 5.91 Å². The lowest BCUT2D eigenvalue weighted by Crippen LogP contribution is -2.55. The van der Waals surface area contributed by atoms with E-state index in [0.717, 1.165) is 16.8 Å². The second kappa shape index (κ2) is 10.3. The number of benzene rings is 2. The lowest BCUT2D eigenvalue weighted by molar-refractivity contribution is -0.117. The van der Waals surface area contributed by atoms with Gasteiger partial charge in [0.05, 0.1) is 18.7 Å². The van der Waals surface area contributed by atoms with Crippen molar-refractivity contribution in [3.05, 3.63) is 65.7 Å². The molecule has 1 aliphatic heterocycles. The molecule has 0 spiro atoms. The molecule has 0 bridgehead atoms. The van der Waals surface area contributed by atoms with Gasteiger partial charge in [-0.25, -0.2) is 4.79 Å². The van der Waals surface area contributed by atoms with Gasteiger partial charge in [-0.1, -0.05) is 76.2 Å². The van der Waals surface area contributed by atoms with Gasteiger partial charge >= 0.3 is 6.09 Å². The van der Waals surface area contributed by atoms with Crippen molar-refractivity contribution in [1.29, 1.82) is 0 Å². The fourth-order valence-corrected chi connectivity index (χ4v) is 5.15. The van der Waals surface area contributed by atoms with E-state index in [9.17, 15) is 9.59 Å². The summed E-state index contributed by atoms with van der Waals surface area (Å²) in [5.41, 5.74) is 2.65. The van der Waals surface area contributed by atoms with Crippen LogP contribution in [0.1, 0.15) is 51.8 Å². The molecule has 0 aromatic heterocycles. The monoisotopic (exact) mass is 482 g/mol. The summed E-state index contributed by atoms with van der Waals surface area (Å²) in [5, 5.41) is 3.13. The summed E-state index contributed by atoms with van der Waals surface area (Å²) in [6.07, 6.45) is -0.476. The molecule has 0 aliphatic carbocycles. The average Bonchev–Trinajstić information content (AvgIpc) is 2.78. The van der Waals surface area contributed by atoms with Crippen LogP contribution >= 0.6 is 0 Å². The maximum atomic E-state index is 12.8. The minimum Gasteiger partial charge on any atom is -0.445 e. The molecule has 2 aromatic carbocycles. The van der Waals surface area contributed by atoms with E-state index in [-0.39, 0.29) is 35.6 Å². The number of nitrogens with one attached hydrogen (secondary N) is 1. The summed E-state index contributed by atoms with van der Waals surface area (Å²) >= 11 is 0. The van der Waals surface area contributed by atoms with Gasteiger partial charge in [0, 0.05) is 18.5 Å². The van der Waals surface area contributed by atoms with Crippen molar-refractivity contribution in [2.75, 3.05) is 11.5 Å². The molecule has 7 heteroatoms. The first-order valence-corrected chi connectivity index (χ1v) is 14.8. The Morgan fingerprint density at radius 2 is 1.65 bits per heavy atom. The molecule has 1 N–H and O–H groups in total. The molecule has 6 nitrogen and oxygen atoms in total. The van der Waals surface area contributed by atoms with Gasteiger partial charge in [-0.15, -0.1) is 0 Å². The first-order valence-electron chi connectivity index (χ1n) is 11.9. The standard InChI is InChI=1S/C27H38N2O4Si/c1-19-24(18-33-34(6,7)27(3,4)5)29(20(2)30)23-16-12-11-15-22(23)25(19)28-26(31)32-17-21-13-9-8-10-14-21/h8-16,19,24-25H,17-18H2,1-7H3,(H,28,31)/t19-,24?,25?/m0/s1. The first kappa shape index (κ1) is 26.0. The minimum absolute atomic E-state index is 0.0340. The average molecular weight is 483 g/mol. The van der Waals surface area contributed by atoms with Crippen LogP contribution in [-0.4, -0.2) is 33.0 Å². The number of rotatable bonds is 6. The first-order chi connectivity index (χ1) is 15.9. The molecule has 3 atom stereocenters. The molecule has 0 saturated heterocycles. The van der Waals surface area contributed by atoms with Crippen molar-refractivity contribution < 1.29 is 18.8 Å². The SMILES string of the molecule is CC(=O)N1c2ccccc2C(NC(=O)OCc2ccccc2)[C@@H](C)C1CO[Si](C)(C)C(C)(C)C. The van der Waals surface area contributed by atoms with E-state index in [2.05, 4.69) is 46.1 Å². The molecule has 2 aromatic rings. The molecule has 34 heavy (non-hydrogen) atoms. The van der Waals surface area contributed by atoms with Gasteiger partial charge in [-0.2, -0.15) is 0 Å². The van der Waals surface area contributed by atoms with Crippen molar-refractivity contribution in [1.82, 2.24) is 5.32 Å². The number of amides is 2. The van der Waals surface area contributed by atoms with Gasteiger partial charge < -0.3 is 19.4 Å². The van der Waals surface area contributed by atoms with E-state index >= 15 is 0 Å². The number of para-hydroxylation sites is 1. The van der Waals surface area contributed by atoms with Gasteiger partial charge in [0.15, 0.2) is 8.32 Å². The number of carbonyl (C=O) groups is 2. The molecule has 0 fully saturated rings. The van der Waals surface area contributed by atoms with Crippen LogP contribution in [0.2, 0.25) is 18.1 Å². The predicted molar refractivity (Wildman–Crippen MR) is 138 cm³/mol. The summed E-state index contributed by atoms with van der Waals surface area (Å²) in [4.78, 5) is 27.4. The zero-order valence-electron chi connectivity index (χ0n) is 21.4. The number of ether oxygens (including phenoxy) is 1. The van der Waals surface area contributed by atoms with E-state index in [0.29, 0.717) is 6.61 Å². The Balaban J connectivity index is 1.85. The number of carbonyl (C=O) groups excluding carboxylic acids is 2. The van der Waals surface area contributed by atoms with Gasteiger partial charge in [0.1, 0.15) is 6.61 Å². The summed E-state index contributed by atoms with van der Waals surface area (Å²) in [7, 11) is -2.03. The Labute approximate surface area is 204 Å². The highest BCUT2D eigenvalue weighted by atomic mass is 28.4. The zero-order valence-corrected chi connectivity index (χ0v) is 22.4. The molecule has 184 valence electrons. The van der Waals surface area contributed by atoms with E-state index in [4.69, 9.17) is 9.16 Å². The van der Waals surface area contributed by atoms with Crippen molar-refractivity contribution in [2.24, 2.45) is 5.92 Å². The van der Waals surface area contributed by atoms with Gasteiger partial charge in [-0.05, 0) is 35.3 Å². The van der Waals surface area contributed by atoms with E-state index in [1.165, 1.54) is 0 Å². The molecular weight excluding hydrogens is 444 g/mol. The van der Waals surface area contributed by atoms with Crippen molar-refractivity contribution in [2.45, 2.75) is 71.4 Å². The maximum Gasteiger partial charge on any atom is 0.407 e. The van der Waals surface area contributed by atoms with Crippen LogP contribution in [-0.2, 0) is 20.6 Å². The highest BCUT2D eigenvalue weighted by Crippen LogP contribution is 2.42. The highest BCUT2D eigenvalue weighted by molar-refractivity contribution is 6.74. The van der Waals surface area contributed by atoms with Crippen molar-refractivity contribution >= 4 is 26.0 Å². The van der Waals surface area contributed by atoms with E-state index in [1.807, 2.05) is 59.5 Å². The third-order valence-electron chi connectivity index (χ3n) is 7.24. The predicted octanol–water partition coefficient (Wildman–Crippen LogP) is 6.05. The number of hydrogen-bond acceptors (Lipinski definition) is 4. The molecule has 0 radical (unpaired) electrons. The van der Waals surface area contributed by atoms with E-state index < -0.39 is 14.4 Å². The lowest BCUT2D eigenvalue weighted by atomic mass is 9.82. The Hall–Kier alpha value is -2.64. The molecule has 1 heterocycles. The summed E-state index contributed by atoms with van der Waals surface area (Å²) in [5.74, 6) is -0.110. The van der Waals surface area contributed by atoms with Crippen LogP contribution in [0, 0.1) is 5.92 Å². The normalized spacial score (nSPS) is 20.4. The Morgan fingerprint density at radius 1 is 1.03 bits per heavy atom. The molecule has 0 saturated carbocycles. The molecule has 2 unspecified atom stereocenters. The second-order valence-electron chi connectivity index (χ2n) is 10.6. The number of alkyl carbamates (subject to hydrolysis) is 1. The van der Waals surface area contributed by atoms with Crippen LogP contribution in [0.3, 0.4) is 0 Å². The van der Waals surface area contributed by atoms with E-state index in [1.54, 1.807) is 6.92 Å². The Morgan fingerprint density at radius 3 is 2.26 bits per heavy atom. The van der Waals surface area contributed by atoms with Crippen LogP contribution in [0.15, 0.2) is 54.6 Å². The molecule has 3 rings (SSSR count). The quantitative estimate of drug-likeness (QED) is 0.509. The second-order valence-corrected chi connectivity index (χ2v) is 15.4. The molecule has 2 amide bonds. The van der Waals surface area contributed by atoms with Crippen LogP contribution in [0.4, 0.5) is 10.5 Å². The number of hydrogen-bond donors (Lipinski definition) is 1. The largest absolute Gasteiger partial charge is 0.445 e. The van der Waals surface area contributed by atoms with Crippen molar-refractivity contribution in [3.63, 3.8) is 0 Å². The topological polar surface area (TPSA) is 67.9 Å². The van der Waals surface area contributed by atoms with Crippen LogP contribution in [0.25, 0.3) is 0 Å². The Kier molecular flexibility index (Phi) is 7.88. The zero-order chi connectivity index (χ0) is 25.1. The third-order valence-corrected chi connectivity index (χ3v) is 11.7. The molecule has 1 aliphatic rings. The van der Waals surface area contributed by atoms with Crippen molar-refractivity contribution in [3.8, 4) is 0 Å². The summed E-state index contributed by atoms with van der Waals surface area (Å²) < 4.78 is 12.1. The smallest absolute Gasteiger partial charge is 0.407 e. The lowest BCUT2D eigenvalue weighted by Gasteiger charge is -2.46. The number of anilines is 1. The molecular formula is C27H38N2O4Si.